The predicted octanol–water partition coefficient (Wildman–Crippen LogP) is 4.53. The molecule has 0 atom stereocenters. The minimum atomic E-state index is -0.442. The average molecular weight is 476 g/mol. The highest BCUT2D eigenvalue weighted by molar-refractivity contribution is 8.18. The van der Waals surface area contributed by atoms with Gasteiger partial charge in [-0.1, -0.05) is 52.6 Å². The zero-order chi connectivity index (χ0) is 22.0. The molecule has 2 aromatic carbocycles. The van der Waals surface area contributed by atoms with E-state index in [4.69, 9.17) is 27.7 Å². The van der Waals surface area contributed by atoms with Crippen LogP contribution in [0.5, 0.6) is 0 Å². The van der Waals surface area contributed by atoms with Gasteiger partial charge in [0, 0.05) is 18.5 Å². The van der Waals surface area contributed by atoms with Crippen LogP contribution in [0.1, 0.15) is 11.3 Å². The minimum Gasteiger partial charge on any atom is -0.356 e. The fourth-order valence-electron chi connectivity index (χ4n) is 3.05. The lowest BCUT2D eigenvalue weighted by atomic mass is 10.1. The van der Waals surface area contributed by atoms with Gasteiger partial charge in [0.1, 0.15) is 5.69 Å². The molecule has 0 unspecified atom stereocenters. The van der Waals surface area contributed by atoms with Crippen LogP contribution in [0.3, 0.4) is 0 Å². The molecule has 3 amide bonds. The average Bonchev–Trinajstić information content (AvgIpc) is 3.27. The number of nitrogens with zero attached hydrogens (tertiary/aromatic N) is 2. The third-order valence-corrected chi connectivity index (χ3v) is 6.32. The first-order valence-corrected chi connectivity index (χ1v) is 10.8. The zero-order valence-corrected chi connectivity index (χ0v) is 18.3. The van der Waals surface area contributed by atoms with Gasteiger partial charge in [-0.2, -0.15) is 0 Å². The number of thioether (sulfide) groups is 1. The maximum Gasteiger partial charge on any atom is 0.293 e. The molecule has 0 radical (unpaired) electrons. The Hall–Kier alpha value is -2.81. The fourth-order valence-corrected chi connectivity index (χ4v) is 4.27. The van der Waals surface area contributed by atoms with Crippen LogP contribution in [0.25, 0.3) is 17.0 Å². The number of rotatable bonds is 6. The van der Waals surface area contributed by atoms with Gasteiger partial charge >= 0.3 is 0 Å². The summed E-state index contributed by atoms with van der Waals surface area (Å²) in [4.78, 5) is 38.4. The number of para-hydroxylation sites is 1. The number of halogens is 2. The summed E-state index contributed by atoms with van der Waals surface area (Å²) in [7, 11) is 0. The first-order chi connectivity index (χ1) is 14.9. The fraction of sp³-hybridized carbons (Fsp3) is 0.143. The Morgan fingerprint density at radius 3 is 2.81 bits per heavy atom. The van der Waals surface area contributed by atoms with Crippen LogP contribution in [0.15, 0.2) is 51.9 Å². The lowest BCUT2D eigenvalue weighted by molar-refractivity contribution is -0.124. The first kappa shape index (κ1) is 21.4. The lowest BCUT2D eigenvalue weighted by Gasteiger charge is -2.12. The third kappa shape index (κ3) is 4.61. The van der Waals surface area contributed by atoms with Gasteiger partial charge in [-0.15, -0.1) is 0 Å². The van der Waals surface area contributed by atoms with Crippen LogP contribution in [0.4, 0.5) is 4.79 Å². The third-order valence-electron chi connectivity index (χ3n) is 4.58. The second-order valence-corrected chi connectivity index (χ2v) is 8.41. The molecule has 1 fully saturated rings. The summed E-state index contributed by atoms with van der Waals surface area (Å²) in [6, 6.07) is 12.3. The van der Waals surface area contributed by atoms with Crippen molar-refractivity contribution < 1.29 is 18.9 Å². The molecular formula is C21H15Cl2N3O4S. The monoisotopic (exact) mass is 475 g/mol. The predicted molar refractivity (Wildman–Crippen MR) is 120 cm³/mol. The Morgan fingerprint density at radius 2 is 1.97 bits per heavy atom. The number of nitrogens with one attached hydrogen (secondary N) is 1. The molecule has 0 bridgehead atoms. The molecule has 0 aliphatic carbocycles. The number of hydrogen-bond acceptors (Lipinski definition) is 6. The van der Waals surface area contributed by atoms with E-state index >= 15 is 0 Å². The molecule has 2 heterocycles. The molecule has 1 aromatic heterocycles. The molecule has 10 heteroatoms. The lowest BCUT2D eigenvalue weighted by Crippen LogP contribution is -2.37. The summed E-state index contributed by atoms with van der Waals surface area (Å²) in [6.07, 6.45) is 1.57. The van der Waals surface area contributed by atoms with Gasteiger partial charge in [0.05, 0.1) is 21.4 Å². The highest BCUT2D eigenvalue weighted by Gasteiger charge is 2.34. The van der Waals surface area contributed by atoms with Crippen molar-refractivity contribution in [2.24, 2.45) is 0 Å². The normalized spacial score (nSPS) is 15.3. The number of hydrogen-bond donors (Lipinski definition) is 1. The molecule has 0 saturated carbocycles. The largest absolute Gasteiger partial charge is 0.356 e. The maximum absolute atomic E-state index is 12.6. The van der Waals surface area contributed by atoms with Gasteiger partial charge in [0.25, 0.3) is 11.1 Å². The van der Waals surface area contributed by atoms with E-state index in [0.29, 0.717) is 26.9 Å². The van der Waals surface area contributed by atoms with Crippen molar-refractivity contribution in [2.75, 3.05) is 13.1 Å². The number of aromatic nitrogens is 1. The van der Waals surface area contributed by atoms with E-state index in [1.807, 2.05) is 18.2 Å². The van der Waals surface area contributed by atoms with Crippen molar-refractivity contribution in [3.05, 3.63) is 68.7 Å². The molecule has 1 aliphatic rings. The number of carbonyl (C=O) groups excluding carboxylic acids is 3. The Balaban J connectivity index is 1.35. The van der Waals surface area contributed by atoms with Crippen molar-refractivity contribution in [1.82, 2.24) is 15.4 Å². The second kappa shape index (κ2) is 9.13. The Labute approximate surface area is 191 Å². The van der Waals surface area contributed by atoms with Crippen LogP contribution < -0.4 is 5.32 Å². The summed E-state index contributed by atoms with van der Waals surface area (Å²) >= 11 is 13.0. The summed E-state index contributed by atoms with van der Waals surface area (Å²) in [5, 5.41) is 7.65. The molecule has 3 aromatic rings. The second-order valence-electron chi connectivity index (χ2n) is 6.63. The van der Waals surface area contributed by atoms with Crippen LogP contribution in [0, 0.1) is 0 Å². The quantitative estimate of drug-likeness (QED) is 0.526. The van der Waals surface area contributed by atoms with E-state index in [9.17, 15) is 14.4 Å². The van der Waals surface area contributed by atoms with Crippen molar-refractivity contribution in [3.8, 4) is 0 Å². The standard InChI is InChI=1S/C21H15Cl2N3O4S/c22-14-6-3-4-12(19(14)23)10-17-20(28)26(21(29)31-17)9-8-24-18(27)11-15-13-5-1-2-7-16(13)30-25-15/h1-7,10H,8-9,11H2,(H,24,27)/b17-10-. The van der Waals surface area contributed by atoms with Gasteiger partial charge < -0.3 is 9.84 Å². The summed E-state index contributed by atoms with van der Waals surface area (Å²) in [5.74, 6) is -0.727. The topological polar surface area (TPSA) is 92.5 Å². The van der Waals surface area contributed by atoms with Crippen molar-refractivity contribution in [1.29, 1.82) is 0 Å². The van der Waals surface area contributed by atoms with Crippen molar-refractivity contribution in [2.45, 2.75) is 6.42 Å². The highest BCUT2D eigenvalue weighted by Crippen LogP contribution is 2.34. The molecular weight excluding hydrogens is 461 g/mol. The summed E-state index contributed by atoms with van der Waals surface area (Å²) < 4.78 is 5.19. The number of carbonyl (C=O) groups is 3. The Morgan fingerprint density at radius 1 is 1.16 bits per heavy atom. The number of fused-ring (bicyclic) bond motifs is 1. The maximum atomic E-state index is 12.6. The summed E-state index contributed by atoms with van der Waals surface area (Å²) in [5.41, 5.74) is 1.68. The van der Waals surface area contributed by atoms with E-state index in [-0.39, 0.29) is 30.3 Å². The number of amides is 3. The summed E-state index contributed by atoms with van der Waals surface area (Å²) in [6.45, 7) is 0.175. The zero-order valence-electron chi connectivity index (χ0n) is 15.9. The first-order valence-electron chi connectivity index (χ1n) is 9.23. The molecule has 0 spiro atoms. The number of imide groups is 1. The Kier molecular flexibility index (Phi) is 6.31. The minimum absolute atomic E-state index is 0.0338. The SMILES string of the molecule is O=C(Cc1noc2ccccc12)NCCN1C(=O)S/C(=C\c2cccc(Cl)c2Cl)C1=O. The van der Waals surface area contributed by atoms with Crippen molar-refractivity contribution >= 4 is 69.1 Å². The van der Waals surface area contributed by atoms with Gasteiger partial charge in [-0.25, -0.2) is 0 Å². The molecule has 31 heavy (non-hydrogen) atoms. The van der Waals surface area contributed by atoms with Crippen LogP contribution in [-0.4, -0.2) is 40.2 Å². The van der Waals surface area contributed by atoms with Gasteiger partial charge in [0.15, 0.2) is 5.58 Å². The Bertz CT molecular complexity index is 1220. The molecule has 7 nitrogen and oxygen atoms in total. The molecule has 1 N–H and O–H groups in total. The molecule has 1 aliphatic heterocycles. The van der Waals surface area contributed by atoms with E-state index in [1.54, 1.807) is 24.3 Å². The van der Waals surface area contributed by atoms with E-state index in [2.05, 4.69) is 10.5 Å². The van der Waals surface area contributed by atoms with Crippen LogP contribution in [-0.2, 0) is 16.0 Å². The van der Waals surface area contributed by atoms with E-state index in [0.717, 1.165) is 22.0 Å². The van der Waals surface area contributed by atoms with Crippen molar-refractivity contribution in [3.63, 3.8) is 0 Å². The molecule has 4 rings (SSSR count). The highest BCUT2D eigenvalue weighted by atomic mass is 35.5. The van der Waals surface area contributed by atoms with E-state index < -0.39 is 11.1 Å². The van der Waals surface area contributed by atoms with Crippen LogP contribution in [0.2, 0.25) is 10.0 Å². The molecule has 158 valence electrons. The van der Waals surface area contributed by atoms with E-state index in [1.165, 1.54) is 6.08 Å². The van der Waals surface area contributed by atoms with Gasteiger partial charge in [0.2, 0.25) is 5.91 Å². The smallest absolute Gasteiger partial charge is 0.293 e. The number of benzene rings is 2. The van der Waals surface area contributed by atoms with Crippen LogP contribution >= 0.6 is 35.0 Å². The molecule has 1 saturated heterocycles. The van der Waals surface area contributed by atoms with Gasteiger partial charge in [-0.3, -0.25) is 19.3 Å². The van der Waals surface area contributed by atoms with Gasteiger partial charge in [-0.05, 0) is 41.6 Å².